The summed E-state index contributed by atoms with van der Waals surface area (Å²) in [6.45, 7) is 7.17. The largest absolute Gasteiger partial charge is 3.00 e. The van der Waals surface area contributed by atoms with Gasteiger partial charge in [-0.3, -0.25) is 34.7 Å². The van der Waals surface area contributed by atoms with E-state index in [1.165, 1.54) is 0 Å². The SMILES string of the molecule is C/C=C/N=C(C=C(C)C)c1cc(C(=O)NCCCCN)ccn1.[Ru+3].c1ccc(-c2ccccn2)nc1.c1ccc(-c2ccccn2)nc1. The van der Waals surface area contributed by atoms with E-state index in [-0.39, 0.29) is 25.4 Å². The van der Waals surface area contributed by atoms with Gasteiger partial charge in [-0.25, -0.2) is 0 Å². The molecule has 0 fully saturated rings. The second-order valence-corrected chi connectivity index (χ2v) is 10.3. The molecule has 1 amide bonds. The Morgan fingerprint density at radius 3 is 1.62 bits per heavy atom. The van der Waals surface area contributed by atoms with Gasteiger partial charge in [0.1, 0.15) is 0 Å². The molecule has 0 aliphatic rings. The zero-order chi connectivity index (χ0) is 33.5. The Bertz CT molecular complexity index is 1540. The predicted octanol–water partition coefficient (Wildman–Crippen LogP) is 7.12. The summed E-state index contributed by atoms with van der Waals surface area (Å²) in [6.07, 6.45) is 16.0. The summed E-state index contributed by atoms with van der Waals surface area (Å²) in [5.41, 5.74) is 12.2. The van der Waals surface area contributed by atoms with E-state index < -0.39 is 0 Å². The van der Waals surface area contributed by atoms with Crippen LogP contribution in [-0.4, -0.2) is 49.6 Å². The zero-order valence-corrected chi connectivity index (χ0v) is 29.3. The molecule has 48 heavy (non-hydrogen) atoms. The van der Waals surface area contributed by atoms with Crippen molar-refractivity contribution < 1.29 is 24.3 Å². The van der Waals surface area contributed by atoms with Gasteiger partial charge in [-0.05, 0) is 107 Å². The molecular formula is C38H42N8ORu+3. The summed E-state index contributed by atoms with van der Waals surface area (Å²) in [5, 5.41) is 2.89. The molecule has 0 aromatic carbocycles. The van der Waals surface area contributed by atoms with Crippen LogP contribution in [0, 0.1) is 0 Å². The van der Waals surface area contributed by atoms with E-state index in [2.05, 4.69) is 35.2 Å². The van der Waals surface area contributed by atoms with Crippen LogP contribution in [-0.2, 0) is 19.5 Å². The van der Waals surface area contributed by atoms with Crippen LogP contribution in [0.3, 0.4) is 0 Å². The average Bonchev–Trinajstić information content (AvgIpc) is 3.14. The van der Waals surface area contributed by atoms with E-state index in [1.54, 1.807) is 49.3 Å². The van der Waals surface area contributed by atoms with Crippen LogP contribution < -0.4 is 11.1 Å². The molecule has 0 saturated carbocycles. The maximum atomic E-state index is 12.2. The summed E-state index contributed by atoms with van der Waals surface area (Å²) in [5.74, 6) is -0.103. The van der Waals surface area contributed by atoms with Gasteiger partial charge in [0.25, 0.3) is 5.91 Å². The molecule has 0 aliphatic heterocycles. The number of nitrogens with zero attached hydrogens (tertiary/aromatic N) is 6. The van der Waals surface area contributed by atoms with Gasteiger partial charge in [0.15, 0.2) is 0 Å². The summed E-state index contributed by atoms with van der Waals surface area (Å²) >= 11 is 0. The number of aliphatic imine (C=N–C) groups is 1. The maximum absolute atomic E-state index is 12.2. The Morgan fingerprint density at radius 1 is 0.729 bits per heavy atom. The normalized spacial score (nSPS) is 10.4. The molecule has 10 heteroatoms. The fourth-order valence-electron chi connectivity index (χ4n) is 3.95. The molecule has 1 radical (unpaired) electrons. The van der Waals surface area contributed by atoms with Gasteiger partial charge in [-0.15, -0.1) is 0 Å². The summed E-state index contributed by atoms with van der Waals surface area (Å²) in [6, 6.07) is 26.7. The minimum Gasteiger partial charge on any atom is -0.352 e. The van der Waals surface area contributed by atoms with Crippen molar-refractivity contribution in [3.63, 3.8) is 0 Å². The Labute approximate surface area is 296 Å². The van der Waals surface area contributed by atoms with Gasteiger partial charge in [0, 0.05) is 49.3 Å². The number of hydrogen-bond acceptors (Lipinski definition) is 8. The quantitative estimate of drug-likeness (QED) is 0.0890. The third-order valence-corrected chi connectivity index (χ3v) is 6.17. The first-order valence-electron chi connectivity index (χ1n) is 15.4. The third kappa shape index (κ3) is 14.6. The fourth-order valence-corrected chi connectivity index (χ4v) is 3.95. The third-order valence-electron chi connectivity index (χ3n) is 6.17. The van der Waals surface area contributed by atoms with Crippen molar-refractivity contribution in [1.29, 1.82) is 0 Å². The number of rotatable bonds is 10. The van der Waals surface area contributed by atoms with Gasteiger partial charge >= 0.3 is 19.5 Å². The molecule has 5 aromatic heterocycles. The molecule has 0 aliphatic carbocycles. The van der Waals surface area contributed by atoms with Gasteiger partial charge in [0.2, 0.25) is 0 Å². The van der Waals surface area contributed by atoms with Crippen LogP contribution in [0.15, 0.2) is 145 Å². The molecule has 245 valence electrons. The number of hydrogen-bond donors (Lipinski definition) is 2. The van der Waals surface area contributed by atoms with Crippen molar-refractivity contribution >= 4 is 11.6 Å². The van der Waals surface area contributed by atoms with Crippen LogP contribution in [0.1, 0.15) is 49.7 Å². The molecule has 0 bridgehead atoms. The second-order valence-electron chi connectivity index (χ2n) is 10.3. The number of aromatic nitrogens is 5. The monoisotopic (exact) mass is 728 g/mol. The molecular weight excluding hydrogens is 686 g/mol. The number of unbranched alkanes of at least 4 members (excludes halogenated alkanes) is 1. The molecule has 0 spiro atoms. The van der Waals surface area contributed by atoms with Crippen LogP contribution >= 0.6 is 0 Å². The van der Waals surface area contributed by atoms with Gasteiger partial charge < -0.3 is 11.1 Å². The van der Waals surface area contributed by atoms with Crippen molar-refractivity contribution in [3.8, 4) is 22.8 Å². The van der Waals surface area contributed by atoms with Crippen molar-refractivity contribution in [1.82, 2.24) is 30.2 Å². The number of allylic oxidation sites excluding steroid dienone is 3. The number of carbonyl (C=O) groups is 1. The second kappa shape index (κ2) is 23.3. The van der Waals surface area contributed by atoms with E-state index in [1.807, 2.05) is 106 Å². The topological polar surface area (TPSA) is 132 Å². The van der Waals surface area contributed by atoms with E-state index in [4.69, 9.17) is 5.73 Å². The number of pyridine rings is 5. The van der Waals surface area contributed by atoms with Crippen LogP contribution in [0.5, 0.6) is 0 Å². The molecule has 9 nitrogen and oxygen atoms in total. The molecule has 0 unspecified atom stereocenters. The number of carbonyl (C=O) groups excluding carboxylic acids is 1. The Balaban J connectivity index is 0.000000268. The van der Waals surface area contributed by atoms with Gasteiger partial charge in [-0.1, -0.05) is 35.9 Å². The molecule has 5 aromatic rings. The minimum absolute atomic E-state index is 0. The summed E-state index contributed by atoms with van der Waals surface area (Å²) < 4.78 is 0. The van der Waals surface area contributed by atoms with Crippen molar-refractivity contribution in [2.24, 2.45) is 10.7 Å². The average molecular weight is 728 g/mol. The van der Waals surface area contributed by atoms with Crippen molar-refractivity contribution in [3.05, 3.63) is 151 Å². The van der Waals surface area contributed by atoms with Gasteiger partial charge in [-0.2, -0.15) is 0 Å². The van der Waals surface area contributed by atoms with E-state index in [9.17, 15) is 4.79 Å². The summed E-state index contributed by atoms with van der Waals surface area (Å²) in [4.78, 5) is 37.6. The first-order valence-corrected chi connectivity index (χ1v) is 15.4. The summed E-state index contributed by atoms with van der Waals surface area (Å²) in [7, 11) is 0. The predicted molar refractivity (Wildman–Crippen MR) is 191 cm³/mol. The minimum atomic E-state index is -0.103. The zero-order valence-electron chi connectivity index (χ0n) is 27.6. The van der Waals surface area contributed by atoms with Crippen LogP contribution in [0.4, 0.5) is 0 Å². The first kappa shape index (κ1) is 39.1. The Morgan fingerprint density at radius 2 is 1.23 bits per heavy atom. The molecule has 5 rings (SSSR count). The Hall–Kier alpha value is -5.05. The number of amides is 1. The smallest absolute Gasteiger partial charge is 0.352 e. The molecule has 3 N–H and O–H groups in total. The molecule has 5 heterocycles. The van der Waals surface area contributed by atoms with Crippen LogP contribution in [0.25, 0.3) is 22.8 Å². The van der Waals surface area contributed by atoms with E-state index in [0.717, 1.165) is 46.9 Å². The number of nitrogens with two attached hydrogens (primary N) is 1. The van der Waals surface area contributed by atoms with E-state index in [0.29, 0.717) is 24.3 Å². The Kier molecular flexibility index (Phi) is 19.0. The van der Waals surface area contributed by atoms with Crippen molar-refractivity contribution in [2.75, 3.05) is 13.1 Å². The molecule has 0 atom stereocenters. The molecule has 0 saturated heterocycles. The maximum Gasteiger partial charge on any atom is 3.00 e. The fraction of sp³-hybridized carbons (Fsp3) is 0.184. The number of nitrogens with one attached hydrogen (secondary N) is 1. The van der Waals surface area contributed by atoms with E-state index >= 15 is 0 Å². The van der Waals surface area contributed by atoms with Crippen molar-refractivity contribution in [2.45, 2.75) is 33.6 Å². The van der Waals surface area contributed by atoms with Gasteiger partial charge in [0.05, 0.1) is 34.2 Å². The van der Waals surface area contributed by atoms with Crippen LogP contribution in [0.2, 0.25) is 0 Å². The first-order chi connectivity index (χ1) is 23.0. The standard InChI is InChI=1S/C18H26N4O.2C10H8N2.Ru/c1-4-9-20-16(12-14(2)3)17-13-15(7-11-21-17)18(23)22-10-6-5-8-19;2*1-3-7-11-9(5-1)10-6-2-4-8-12-10;/h4,7,9,11-13H,5-6,8,10,19H2,1-3H3,(H,22,23);2*1-8H;/q;;;+3/b9-4+,20-16?;;;.